The zero-order valence-corrected chi connectivity index (χ0v) is 11.7. The Bertz CT molecular complexity index is 433. The molecule has 2 bridgehead atoms. The molecule has 3 rings (SSSR count). The van der Waals surface area contributed by atoms with Gasteiger partial charge in [0.15, 0.2) is 0 Å². The van der Waals surface area contributed by atoms with Crippen molar-refractivity contribution in [2.75, 3.05) is 19.6 Å². The van der Waals surface area contributed by atoms with Crippen LogP contribution in [0.15, 0.2) is 10.7 Å². The molecule has 1 aromatic rings. The third-order valence-electron chi connectivity index (χ3n) is 4.26. The molecule has 0 radical (unpaired) electrons. The van der Waals surface area contributed by atoms with Crippen molar-refractivity contribution < 1.29 is 5.11 Å². The minimum absolute atomic E-state index is 0.356. The summed E-state index contributed by atoms with van der Waals surface area (Å²) < 4.78 is 2.88. The van der Waals surface area contributed by atoms with Crippen molar-refractivity contribution in [3.8, 4) is 0 Å². The van der Waals surface area contributed by atoms with Crippen molar-refractivity contribution in [3.63, 3.8) is 0 Å². The van der Waals surface area contributed by atoms with Gasteiger partial charge in [0.2, 0.25) is 0 Å². The third-order valence-corrected chi connectivity index (χ3v) is 4.84. The summed E-state index contributed by atoms with van der Waals surface area (Å²) in [5.74, 6) is 0.356. The van der Waals surface area contributed by atoms with Gasteiger partial charge in [-0.2, -0.15) is 5.10 Å². The molecular formula is C12H18BrN3O. The second kappa shape index (κ2) is 4.07. The quantitative estimate of drug-likeness (QED) is 0.901. The van der Waals surface area contributed by atoms with Gasteiger partial charge in [0.25, 0.3) is 0 Å². The van der Waals surface area contributed by atoms with Gasteiger partial charge in [-0.3, -0.25) is 4.68 Å². The number of hydrogen-bond donors (Lipinski definition) is 1. The summed E-state index contributed by atoms with van der Waals surface area (Å²) in [5, 5.41) is 15.4. The first-order chi connectivity index (χ1) is 8.15. The first kappa shape index (κ1) is 11.7. The van der Waals surface area contributed by atoms with E-state index in [9.17, 15) is 5.11 Å². The number of halogens is 1. The molecule has 2 fully saturated rings. The molecule has 0 saturated carbocycles. The second-order valence-electron chi connectivity index (χ2n) is 5.12. The lowest BCUT2D eigenvalue weighted by Crippen LogP contribution is -2.45. The Morgan fingerprint density at radius 2 is 2.41 bits per heavy atom. The molecule has 5 heteroatoms. The first-order valence-corrected chi connectivity index (χ1v) is 7.11. The molecule has 3 atom stereocenters. The van der Waals surface area contributed by atoms with Crippen LogP contribution in [0.25, 0.3) is 0 Å². The maximum absolute atomic E-state index is 11.1. The van der Waals surface area contributed by atoms with E-state index < -0.39 is 5.60 Å². The lowest BCUT2D eigenvalue weighted by atomic mass is 9.79. The van der Waals surface area contributed by atoms with Crippen LogP contribution >= 0.6 is 15.9 Å². The highest BCUT2D eigenvalue weighted by molar-refractivity contribution is 9.10. The lowest BCUT2D eigenvalue weighted by Gasteiger charge is -2.39. The van der Waals surface area contributed by atoms with E-state index in [2.05, 4.69) is 32.9 Å². The summed E-state index contributed by atoms with van der Waals surface area (Å²) >= 11 is 3.54. The average molecular weight is 300 g/mol. The van der Waals surface area contributed by atoms with Crippen molar-refractivity contribution in [1.29, 1.82) is 0 Å². The van der Waals surface area contributed by atoms with Gasteiger partial charge in [0, 0.05) is 25.6 Å². The van der Waals surface area contributed by atoms with E-state index in [1.807, 2.05) is 4.68 Å². The van der Waals surface area contributed by atoms with E-state index in [0.29, 0.717) is 5.92 Å². The van der Waals surface area contributed by atoms with Gasteiger partial charge in [-0.15, -0.1) is 0 Å². The van der Waals surface area contributed by atoms with Crippen LogP contribution in [0.2, 0.25) is 0 Å². The summed E-state index contributed by atoms with van der Waals surface area (Å²) in [5.41, 5.74) is 0.282. The van der Waals surface area contributed by atoms with Gasteiger partial charge in [-0.05, 0) is 42.2 Å². The summed E-state index contributed by atoms with van der Waals surface area (Å²) in [7, 11) is 0. The fourth-order valence-electron chi connectivity index (χ4n) is 3.30. The molecule has 3 heterocycles. The average Bonchev–Trinajstić information content (AvgIpc) is 2.90. The Balaban J connectivity index is 2.04. The molecule has 2 aliphatic heterocycles. The van der Waals surface area contributed by atoms with Gasteiger partial charge >= 0.3 is 0 Å². The zero-order valence-electron chi connectivity index (χ0n) is 10.1. The minimum atomic E-state index is -0.696. The first-order valence-electron chi connectivity index (χ1n) is 6.31. The maximum atomic E-state index is 11.1. The Morgan fingerprint density at radius 3 is 3.18 bits per heavy atom. The van der Waals surface area contributed by atoms with E-state index in [1.54, 1.807) is 6.20 Å². The molecule has 0 spiro atoms. The van der Waals surface area contributed by atoms with Gasteiger partial charge in [0.05, 0.1) is 16.4 Å². The van der Waals surface area contributed by atoms with Crippen LogP contribution in [0.4, 0.5) is 0 Å². The van der Waals surface area contributed by atoms with Crippen molar-refractivity contribution in [2.24, 2.45) is 5.92 Å². The topological polar surface area (TPSA) is 41.3 Å². The van der Waals surface area contributed by atoms with E-state index in [1.165, 1.54) is 0 Å². The fourth-order valence-corrected chi connectivity index (χ4v) is 3.94. The largest absolute Gasteiger partial charge is 0.383 e. The summed E-state index contributed by atoms with van der Waals surface area (Å²) in [6.07, 6.45) is 3.72. The zero-order chi connectivity index (χ0) is 12.0. The highest BCUT2D eigenvalue weighted by atomic mass is 79.9. The van der Waals surface area contributed by atoms with Crippen LogP contribution in [0.1, 0.15) is 25.5 Å². The molecule has 94 valence electrons. The number of rotatable bonds is 2. The molecule has 0 aliphatic carbocycles. The molecule has 4 nitrogen and oxygen atoms in total. The van der Waals surface area contributed by atoms with Crippen LogP contribution < -0.4 is 0 Å². The highest BCUT2D eigenvalue weighted by Crippen LogP contribution is 2.44. The van der Waals surface area contributed by atoms with E-state index in [0.717, 1.165) is 49.2 Å². The van der Waals surface area contributed by atoms with E-state index in [-0.39, 0.29) is 0 Å². The van der Waals surface area contributed by atoms with Gasteiger partial charge in [-0.1, -0.05) is 0 Å². The number of aromatic nitrogens is 2. The predicted octanol–water partition coefficient (Wildman–Crippen LogP) is 1.58. The Hall–Kier alpha value is -0.390. The van der Waals surface area contributed by atoms with Crippen LogP contribution in [0, 0.1) is 5.92 Å². The SMILES string of the molecule is CCn1ncc(Br)c1C1(O)CCN2CCC1C2. The summed E-state index contributed by atoms with van der Waals surface area (Å²) in [4.78, 5) is 2.44. The number of piperidine rings is 1. The fraction of sp³-hybridized carbons (Fsp3) is 0.750. The van der Waals surface area contributed by atoms with Crippen LogP contribution in [0.5, 0.6) is 0 Å². The molecule has 1 aromatic heterocycles. The maximum Gasteiger partial charge on any atom is 0.113 e. The van der Waals surface area contributed by atoms with Crippen LogP contribution in [-0.2, 0) is 12.1 Å². The smallest absolute Gasteiger partial charge is 0.113 e. The minimum Gasteiger partial charge on any atom is -0.383 e. The number of aliphatic hydroxyl groups is 1. The summed E-state index contributed by atoms with van der Waals surface area (Å²) in [6.45, 7) is 6.02. The number of aryl methyl sites for hydroxylation is 1. The monoisotopic (exact) mass is 299 g/mol. The molecule has 0 aromatic carbocycles. The van der Waals surface area contributed by atoms with Crippen molar-refractivity contribution >= 4 is 15.9 Å². The van der Waals surface area contributed by atoms with Crippen LogP contribution in [-0.4, -0.2) is 39.4 Å². The lowest BCUT2D eigenvalue weighted by molar-refractivity contribution is -0.0575. The van der Waals surface area contributed by atoms with Crippen molar-refractivity contribution in [1.82, 2.24) is 14.7 Å². The molecular weight excluding hydrogens is 282 g/mol. The molecule has 3 unspecified atom stereocenters. The molecule has 1 N–H and O–H groups in total. The van der Waals surface area contributed by atoms with Gasteiger partial charge in [0.1, 0.15) is 5.60 Å². The van der Waals surface area contributed by atoms with Gasteiger partial charge in [-0.25, -0.2) is 0 Å². The van der Waals surface area contributed by atoms with Crippen molar-refractivity contribution in [3.05, 3.63) is 16.4 Å². The number of hydrogen-bond acceptors (Lipinski definition) is 3. The molecule has 2 saturated heterocycles. The Kier molecular flexibility index (Phi) is 2.80. The standard InChI is InChI=1S/C12H18BrN3O/c1-2-16-11(10(13)7-14-16)12(17)4-6-15-5-3-9(12)8-15/h7,9,17H,2-6,8H2,1H3. The Labute approximate surface area is 110 Å². The molecule has 2 aliphatic rings. The second-order valence-corrected chi connectivity index (χ2v) is 5.97. The Morgan fingerprint density at radius 1 is 1.59 bits per heavy atom. The van der Waals surface area contributed by atoms with E-state index >= 15 is 0 Å². The highest BCUT2D eigenvalue weighted by Gasteiger charge is 2.48. The predicted molar refractivity (Wildman–Crippen MR) is 68.7 cm³/mol. The van der Waals surface area contributed by atoms with E-state index in [4.69, 9.17) is 0 Å². The normalized spacial score (nSPS) is 36.4. The molecule has 17 heavy (non-hydrogen) atoms. The third kappa shape index (κ3) is 1.67. The van der Waals surface area contributed by atoms with Crippen molar-refractivity contribution in [2.45, 2.75) is 31.9 Å². The van der Waals surface area contributed by atoms with Crippen LogP contribution in [0.3, 0.4) is 0 Å². The number of nitrogens with zero attached hydrogens (tertiary/aromatic N) is 3. The van der Waals surface area contributed by atoms with Gasteiger partial charge < -0.3 is 10.0 Å². The number of fused-ring (bicyclic) bond motifs is 2. The molecule has 0 amide bonds. The summed E-state index contributed by atoms with van der Waals surface area (Å²) in [6, 6.07) is 0.